The standard InChI is InChI=1S/C20H20N4S2/c1-3-7-17-15(5-1)21-19(25-17)13-23-9-11-24(12-10-23)14-20-22-16-6-2-4-8-18(16)26-20/h1-8H,9-14H2. The second kappa shape index (κ2) is 7.04. The van der Waals surface area contributed by atoms with E-state index in [4.69, 9.17) is 9.97 Å². The summed E-state index contributed by atoms with van der Waals surface area (Å²) in [5.74, 6) is 0. The van der Waals surface area contributed by atoms with E-state index in [-0.39, 0.29) is 0 Å². The molecule has 0 unspecified atom stereocenters. The van der Waals surface area contributed by atoms with Gasteiger partial charge in [-0.1, -0.05) is 24.3 Å². The Kier molecular flexibility index (Phi) is 4.42. The Morgan fingerprint density at radius 2 is 1.08 bits per heavy atom. The maximum atomic E-state index is 4.77. The van der Waals surface area contributed by atoms with Crippen molar-refractivity contribution in [3.05, 3.63) is 58.5 Å². The molecule has 0 saturated carbocycles. The second-order valence-corrected chi connectivity index (χ2v) is 8.93. The van der Waals surface area contributed by atoms with Gasteiger partial charge >= 0.3 is 0 Å². The van der Waals surface area contributed by atoms with Gasteiger partial charge in [0.05, 0.1) is 33.5 Å². The topological polar surface area (TPSA) is 32.3 Å². The Morgan fingerprint density at radius 1 is 0.654 bits per heavy atom. The van der Waals surface area contributed by atoms with E-state index < -0.39 is 0 Å². The smallest absolute Gasteiger partial charge is 0.108 e. The van der Waals surface area contributed by atoms with Crippen molar-refractivity contribution in [2.24, 2.45) is 0 Å². The molecule has 2 aromatic heterocycles. The Hall–Kier alpha value is -1.86. The number of para-hydroxylation sites is 2. The van der Waals surface area contributed by atoms with Gasteiger partial charge in [-0.2, -0.15) is 0 Å². The van der Waals surface area contributed by atoms with Crippen molar-refractivity contribution >= 4 is 43.1 Å². The number of benzene rings is 2. The number of thiazole rings is 2. The number of hydrogen-bond acceptors (Lipinski definition) is 6. The molecule has 26 heavy (non-hydrogen) atoms. The fraction of sp³-hybridized carbons (Fsp3) is 0.300. The van der Waals surface area contributed by atoms with Crippen LogP contribution in [0.25, 0.3) is 20.4 Å². The fourth-order valence-electron chi connectivity index (χ4n) is 3.46. The third-order valence-corrected chi connectivity index (χ3v) is 6.90. The number of nitrogens with zero attached hydrogens (tertiary/aromatic N) is 4. The molecule has 6 heteroatoms. The van der Waals surface area contributed by atoms with Crippen molar-refractivity contribution in [2.45, 2.75) is 13.1 Å². The Morgan fingerprint density at radius 3 is 1.50 bits per heavy atom. The van der Waals surface area contributed by atoms with Crippen molar-refractivity contribution in [1.82, 2.24) is 19.8 Å². The highest BCUT2D eigenvalue weighted by Crippen LogP contribution is 2.24. The molecule has 3 heterocycles. The lowest BCUT2D eigenvalue weighted by Crippen LogP contribution is -2.45. The Labute approximate surface area is 160 Å². The molecule has 4 nitrogen and oxygen atoms in total. The lowest BCUT2D eigenvalue weighted by molar-refractivity contribution is 0.122. The van der Waals surface area contributed by atoms with E-state index in [1.54, 1.807) is 0 Å². The van der Waals surface area contributed by atoms with Gasteiger partial charge in [0.15, 0.2) is 0 Å². The SMILES string of the molecule is c1ccc2sc(CN3CCN(Cc4nc5ccccc5s4)CC3)nc2c1. The van der Waals surface area contributed by atoms with Crippen LogP contribution in [0.2, 0.25) is 0 Å². The van der Waals surface area contributed by atoms with E-state index in [0.717, 1.165) is 50.3 Å². The first-order valence-corrected chi connectivity index (χ1v) is 10.6. The summed E-state index contributed by atoms with van der Waals surface area (Å²) in [6.07, 6.45) is 0. The Bertz CT molecular complexity index is 880. The van der Waals surface area contributed by atoms with Crippen LogP contribution in [-0.2, 0) is 13.1 Å². The van der Waals surface area contributed by atoms with E-state index in [9.17, 15) is 0 Å². The van der Waals surface area contributed by atoms with Crippen molar-refractivity contribution in [3.63, 3.8) is 0 Å². The molecule has 2 aromatic carbocycles. The van der Waals surface area contributed by atoms with E-state index in [1.807, 2.05) is 22.7 Å². The minimum absolute atomic E-state index is 0.967. The van der Waals surface area contributed by atoms with E-state index >= 15 is 0 Å². The maximum absolute atomic E-state index is 4.77. The largest absolute Gasteiger partial charge is 0.294 e. The summed E-state index contributed by atoms with van der Waals surface area (Å²) in [6, 6.07) is 16.8. The van der Waals surface area contributed by atoms with Gasteiger partial charge in [0, 0.05) is 26.2 Å². The molecule has 0 radical (unpaired) electrons. The first-order chi connectivity index (χ1) is 12.8. The molecule has 0 N–H and O–H groups in total. The fourth-order valence-corrected chi connectivity index (χ4v) is 5.48. The van der Waals surface area contributed by atoms with Crippen LogP contribution >= 0.6 is 22.7 Å². The second-order valence-electron chi connectivity index (χ2n) is 6.70. The normalized spacial score (nSPS) is 16.6. The zero-order valence-corrected chi connectivity index (χ0v) is 16.1. The van der Waals surface area contributed by atoms with Crippen LogP contribution in [0.15, 0.2) is 48.5 Å². The summed E-state index contributed by atoms with van der Waals surface area (Å²) < 4.78 is 2.58. The number of hydrogen-bond donors (Lipinski definition) is 0. The molecular formula is C20H20N4S2. The minimum Gasteiger partial charge on any atom is -0.294 e. The average molecular weight is 381 g/mol. The predicted octanol–water partition coefficient (Wildman–Crippen LogP) is 4.22. The first-order valence-electron chi connectivity index (χ1n) is 8.97. The van der Waals surface area contributed by atoms with Crippen LogP contribution in [0.5, 0.6) is 0 Å². The van der Waals surface area contributed by atoms with Crippen LogP contribution in [0.4, 0.5) is 0 Å². The molecule has 1 aliphatic heterocycles. The van der Waals surface area contributed by atoms with Gasteiger partial charge in [0.2, 0.25) is 0 Å². The number of fused-ring (bicyclic) bond motifs is 2. The van der Waals surface area contributed by atoms with Crippen LogP contribution in [0.3, 0.4) is 0 Å². The van der Waals surface area contributed by atoms with Crippen molar-refractivity contribution in [2.75, 3.05) is 26.2 Å². The summed E-state index contributed by atoms with van der Waals surface area (Å²) in [5, 5.41) is 2.46. The lowest BCUT2D eigenvalue weighted by atomic mass is 10.3. The van der Waals surface area contributed by atoms with Crippen LogP contribution in [0, 0.1) is 0 Å². The van der Waals surface area contributed by atoms with E-state index in [1.165, 1.54) is 19.4 Å². The van der Waals surface area contributed by atoms with Gasteiger partial charge in [0.1, 0.15) is 10.0 Å². The monoisotopic (exact) mass is 380 g/mol. The molecule has 132 valence electrons. The van der Waals surface area contributed by atoms with Crippen LogP contribution in [0.1, 0.15) is 10.0 Å². The molecular weight excluding hydrogens is 360 g/mol. The quantitative estimate of drug-likeness (QED) is 0.530. The van der Waals surface area contributed by atoms with Gasteiger partial charge in [-0.05, 0) is 24.3 Å². The summed E-state index contributed by atoms with van der Waals surface area (Å²) in [4.78, 5) is 14.6. The maximum Gasteiger partial charge on any atom is 0.108 e. The molecule has 0 atom stereocenters. The first kappa shape index (κ1) is 16.3. The van der Waals surface area contributed by atoms with Crippen molar-refractivity contribution in [3.8, 4) is 0 Å². The van der Waals surface area contributed by atoms with Crippen molar-refractivity contribution in [1.29, 1.82) is 0 Å². The molecule has 0 amide bonds. The van der Waals surface area contributed by atoms with Crippen LogP contribution < -0.4 is 0 Å². The summed E-state index contributed by atoms with van der Waals surface area (Å²) in [6.45, 7) is 6.33. The zero-order chi connectivity index (χ0) is 17.3. The number of rotatable bonds is 4. The highest BCUT2D eigenvalue weighted by atomic mass is 32.1. The van der Waals surface area contributed by atoms with Gasteiger partial charge in [0.25, 0.3) is 0 Å². The average Bonchev–Trinajstić information content (AvgIpc) is 3.25. The van der Waals surface area contributed by atoms with Crippen molar-refractivity contribution < 1.29 is 0 Å². The molecule has 0 bridgehead atoms. The molecule has 0 aliphatic carbocycles. The third kappa shape index (κ3) is 3.38. The summed E-state index contributed by atoms with van der Waals surface area (Å²) in [5.41, 5.74) is 2.25. The van der Waals surface area contributed by atoms with Gasteiger partial charge < -0.3 is 0 Å². The Balaban J connectivity index is 1.19. The van der Waals surface area contributed by atoms with Gasteiger partial charge in [-0.15, -0.1) is 22.7 Å². The lowest BCUT2D eigenvalue weighted by Gasteiger charge is -2.33. The molecule has 5 rings (SSSR count). The highest BCUT2D eigenvalue weighted by molar-refractivity contribution is 7.18. The highest BCUT2D eigenvalue weighted by Gasteiger charge is 2.19. The van der Waals surface area contributed by atoms with Gasteiger partial charge in [-0.25, -0.2) is 9.97 Å². The molecule has 0 spiro atoms. The summed E-state index contributed by atoms with van der Waals surface area (Å²) >= 11 is 3.64. The third-order valence-electron chi connectivity index (χ3n) is 4.86. The van der Waals surface area contributed by atoms with E-state index in [0.29, 0.717) is 0 Å². The van der Waals surface area contributed by atoms with E-state index in [2.05, 4.69) is 58.3 Å². The summed E-state index contributed by atoms with van der Waals surface area (Å²) in [7, 11) is 0. The minimum atomic E-state index is 0.967. The molecule has 4 aromatic rings. The number of piperazine rings is 1. The number of aromatic nitrogens is 2. The van der Waals surface area contributed by atoms with Gasteiger partial charge in [-0.3, -0.25) is 9.80 Å². The molecule has 1 aliphatic rings. The zero-order valence-electron chi connectivity index (χ0n) is 14.5. The molecule has 1 saturated heterocycles. The van der Waals surface area contributed by atoms with Crippen LogP contribution in [-0.4, -0.2) is 45.9 Å². The predicted molar refractivity (Wildman–Crippen MR) is 110 cm³/mol. The molecule has 1 fully saturated rings.